The SMILES string of the molecule is COc1ccc(CC(=O)OCC(=O)N(C)Cc2ccc(F)cc2)c(OC)c1. The van der Waals surface area contributed by atoms with E-state index in [1.54, 1.807) is 37.4 Å². The molecular formula is C20H22FNO5. The molecule has 0 spiro atoms. The van der Waals surface area contributed by atoms with Crippen LogP contribution in [-0.4, -0.2) is 44.7 Å². The van der Waals surface area contributed by atoms with Crippen LogP contribution in [0.2, 0.25) is 0 Å². The lowest BCUT2D eigenvalue weighted by Crippen LogP contribution is -2.31. The predicted octanol–water partition coefficient (Wildman–Crippen LogP) is 2.59. The number of rotatable bonds is 8. The summed E-state index contributed by atoms with van der Waals surface area (Å²) in [5.74, 6) is -0.111. The van der Waals surface area contributed by atoms with E-state index in [1.165, 1.54) is 31.3 Å². The maximum absolute atomic E-state index is 12.9. The number of carbonyl (C=O) groups is 2. The molecule has 2 aromatic rings. The summed E-state index contributed by atoms with van der Waals surface area (Å²) in [4.78, 5) is 25.6. The normalized spacial score (nSPS) is 10.2. The molecule has 0 heterocycles. The van der Waals surface area contributed by atoms with E-state index in [0.717, 1.165) is 5.56 Å². The smallest absolute Gasteiger partial charge is 0.310 e. The van der Waals surface area contributed by atoms with Crippen molar-refractivity contribution in [1.82, 2.24) is 4.90 Å². The van der Waals surface area contributed by atoms with Crippen molar-refractivity contribution in [1.29, 1.82) is 0 Å². The lowest BCUT2D eigenvalue weighted by atomic mass is 10.1. The van der Waals surface area contributed by atoms with Gasteiger partial charge in [-0.05, 0) is 23.8 Å². The standard InChI is InChI=1S/C20H22FNO5/c1-22(12-14-4-7-16(21)8-5-14)19(23)13-27-20(24)10-15-6-9-17(25-2)11-18(15)26-3/h4-9,11H,10,12-13H2,1-3H3. The van der Waals surface area contributed by atoms with Gasteiger partial charge in [-0.15, -0.1) is 0 Å². The Morgan fingerprint density at radius 3 is 2.37 bits per heavy atom. The van der Waals surface area contributed by atoms with Crippen molar-refractivity contribution in [3.63, 3.8) is 0 Å². The van der Waals surface area contributed by atoms with E-state index in [4.69, 9.17) is 14.2 Å². The Bertz CT molecular complexity index is 791. The molecule has 0 aromatic heterocycles. The fourth-order valence-electron chi connectivity index (χ4n) is 2.41. The quantitative estimate of drug-likeness (QED) is 0.664. The molecule has 0 atom stereocenters. The number of likely N-dealkylation sites (N-methyl/N-ethyl adjacent to an activating group) is 1. The van der Waals surface area contributed by atoms with Gasteiger partial charge in [-0.2, -0.15) is 0 Å². The van der Waals surface area contributed by atoms with Crippen LogP contribution in [0.25, 0.3) is 0 Å². The first-order chi connectivity index (χ1) is 12.9. The van der Waals surface area contributed by atoms with Crippen molar-refractivity contribution in [2.75, 3.05) is 27.9 Å². The van der Waals surface area contributed by atoms with Gasteiger partial charge in [0.2, 0.25) is 0 Å². The number of carbonyl (C=O) groups excluding carboxylic acids is 2. The van der Waals surface area contributed by atoms with Gasteiger partial charge in [-0.3, -0.25) is 9.59 Å². The van der Waals surface area contributed by atoms with Crippen LogP contribution >= 0.6 is 0 Å². The summed E-state index contributed by atoms with van der Waals surface area (Å²) in [5, 5.41) is 0. The largest absolute Gasteiger partial charge is 0.497 e. The van der Waals surface area contributed by atoms with Gasteiger partial charge in [0.05, 0.1) is 20.6 Å². The van der Waals surface area contributed by atoms with E-state index in [-0.39, 0.29) is 24.8 Å². The minimum Gasteiger partial charge on any atom is -0.497 e. The van der Waals surface area contributed by atoms with Gasteiger partial charge in [-0.25, -0.2) is 4.39 Å². The first kappa shape index (κ1) is 20.2. The molecule has 144 valence electrons. The van der Waals surface area contributed by atoms with Crippen molar-refractivity contribution in [3.8, 4) is 11.5 Å². The fourth-order valence-corrected chi connectivity index (χ4v) is 2.41. The Morgan fingerprint density at radius 2 is 1.74 bits per heavy atom. The van der Waals surface area contributed by atoms with Crippen LogP contribution in [-0.2, 0) is 27.3 Å². The number of esters is 1. The molecule has 0 fully saturated rings. The average Bonchev–Trinajstić information content (AvgIpc) is 2.68. The lowest BCUT2D eigenvalue weighted by molar-refractivity contribution is -0.151. The van der Waals surface area contributed by atoms with E-state index >= 15 is 0 Å². The second-order valence-corrected chi connectivity index (χ2v) is 5.89. The molecule has 0 bridgehead atoms. The van der Waals surface area contributed by atoms with Crippen LogP contribution < -0.4 is 9.47 Å². The highest BCUT2D eigenvalue weighted by atomic mass is 19.1. The summed E-state index contributed by atoms with van der Waals surface area (Å²) in [6, 6.07) is 11.0. The van der Waals surface area contributed by atoms with Crippen LogP contribution in [0.3, 0.4) is 0 Å². The van der Waals surface area contributed by atoms with E-state index < -0.39 is 5.97 Å². The highest BCUT2D eigenvalue weighted by molar-refractivity contribution is 5.81. The topological polar surface area (TPSA) is 65.1 Å². The zero-order chi connectivity index (χ0) is 19.8. The van der Waals surface area contributed by atoms with E-state index in [1.807, 2.05) is 0 Å². The molecule has 2 rings (SSSR count). The summed E-state index contributed by atoms with van der Waals surface area (Å²) in [6.45, 7) is -0.0715. The summed E-state index contributed by atoms with van der Waals surface area (Å²) in [7, 11) is 4.63. The van der Waals surface area contributed by atoms with Gasteiger partial charge >= 0.3 is 5.97 Å². The van der Waals surface area contributed by atoms with Crippen LogP contribution in [0.15, 0.2) is 42.5 Å². The Morgan fingerprint density at radius 1 is 1.04 bits per heavy atom. The third-order valence-electron chi connectivity index (χ3n) is 3.94. The zero-order valence-corrected chi connectivity index (χ0v) is 15.5. The minimum absolute atomic E-state index is 0.0257. The molecule has 7 heteroatoms. The molecule has 0 radical (unpaired) electrons. The second-order valence-electron chi connectivity index (χ2n) is 5.89. The molecular weight excluding hydrogens is 353 g/mol. The van der Waals surface area contributed by atoms with Crippen molar-refractivity contribution < 1.29 is 28.2 Å². The van der Waals surface area contributed by atoms with Crippen LogP contribution in [0, 0.1) is 5.82 Å². The first-order valence-electron chi connectivity index (χ1n) is 8.28. The van der Waals surface area contributed by atoms with Gasteiger partial charge in [0.15, 0.2) is 6.61 Å². The highest BCUT2D eigenvalue weighted by Gasteiger charge is 2.15. The molecule has 0 saturated heterocycles. The molecule has 27 heavy (non-hydrogen) atoms. The van der Waals surface area contributed by atoms with E-state index in [0.29, 0.717) is 23.6 Å². The zero-order valence-electron chi connectivity index (χ0n) is 15.5. The maximum Gasteiger partial charge on any atom is 0.310 e. The molecule has 0 N–H and O–H groups in total. The molecule has 0 aliphatic carbocycles. The Kier molecular flexibility index (Phi) is 7.16. The minimum atomic E-state index is -0.540. The van der Waals surface area contributed by atoms with Crippen LogP contribution in [0.5, 0.6) is 11.5 Å². The van der Waals surface area contributed by atoms with Gasteiger partial charge in [0, 0.05) is 25.2 Å². The predicted molar refractivity (Wildman–Crippen MR) is 97.1 cm³/mol. The summed E-state index contributed by atoms with van der Waals surface area (Å²) < 4.78 is 28.3. The summed E-state index contributed by atoms with van der Waals surface area (Å²) >= 11 is 0. The Labute approximate surface area is 157 Å². The fraction of sp³-hybridized carbons (Fsp3) is 0.300. The third-order valence-corrected chi connectivity index (χ3v) is 3.94. The number of amides is 1. The summed E-state index contributed by atoms with van der Waals surface area (Å²) in [5.41, 5.74) is 1.41. The maximum atomic E-state index is 12.9. The van der Waals surface area contributed by atoms with Crippen molar-refractivity contribution in [2.45, 2.75) is 13.0 Å². The number of ether oxygens (including phenoxy) is 3. The van der Waals surface area contributed by atoms with Crippen molar-refractivity contribution in [2.24, 2.45) is 0 Å². The van der Waals surface area contributed by atoms with E-state index in [2.05, 4.69) is 0 Å². The van der Waals surface area contributed by atoms with Gasteiger partial charge in [0.1, 0.15) is 17.3 Å². The molecule has 0 aliphatic heterocycles. The number of halogens is 1. The van der Waals surface area contributed by atoms with Crippen LogP contribution in [0.4, 0.5) is 4.39 Å². The van der Waals surface area contributed by atoms with Gasteiger partial charge in [-0.1, -0.05) is 18.2 Å². The monoisotopic (exact) mass is 375 g/mol. The third kappa shape index (κ3) is 5.99. The number of hydrogen-bond acceptors (Lipinski definition) is 5. The molecule has 0 saturated carbocycles. The number of nitrogens with zero attached hydrogens (tertiary/aromatic N) is 1. The molecule has 2 aromatic carbocycles. The molecule has 1 amide bonds. The molecule has 0 aliphatic rings. The van der Waals surface area contributed by atoms with Crippen molar-refractivity contribution in [3.05, 3.63) is 59.4 Å². The number of benzene rings is 2. The van der Waals surface area contributed by atoms with Gasteiger partial charge < -0.3 is 19.1 Å². The van der Waals surface area contributed by atoms with Crippen molar-refractivity contribution >= 4 is 11.9 Å². The first-order valence-corrected chi connectivity index (χ1v) is 8.28. The molecule has 6 nitrogen and oxygen atoms in total. The highest BCUT2D eigenvalue weighted by Crippen LogP contribution is 2.25. The molecule has 0 unspecified atom stereocenters. The van der Waals surface area contributed by atoms with E-state index in [9.17, 15) is 14.0 Å². The summed E-state index contributed by atoms with van der Waals surface area (Å²) in [6.07, 6.45) is -0.0257. The van der Waals surface area contributed by atoms with Crippen LogP contribution in [0.1, 0.15) is 11.1 Å². The number of methoxy groups -OCH3 is 2. The lowest BCUT2D eigenvalue weighted by Gasteiger charge is -2.17. The average molecular weight is 375 g/mol. The second kappa shape index (κ2) is 9.56. The Balaban J connectivity index is 1.85. The van der Waals surface area contributed by atoms with Gasteiger partial charge in [0.25, 0.3) is 5.91 Å². The number of hydrogen-bond donors (Lipinski definition) is 0. The Hall–Kier alpha value is -3.09.